The van der Waals surface area contributed by atoms with E-state index >= 15 is 0 Å². The molecule has 0 unspecified atom stereocenters. The van der Waals surface area contributed by atoms with Crippen LogP contribution in [0.25, 0.3) is 0 Å². The number of nitro benzene ring substituents is 1. The van der Waals surface area contributed by atoms with Gasteiger partial charge >= 0.3 is 0 Å². The van der Waals surface area contributed by atoms with E-state index in [1.54, 1.807) is 18.2 Å². The van der Waals surface area contributed by atoms with Crippen LogP contribution in [0.5, 0.6) is 0 Å². The summed E-state index contributed by atoms with van der Waals surface area (Å²) in [6, 6.07) is 12.2. The summed E-state index contributed by atoms with van der Waals surface area (Å²) in [6.07, 6.45) is 0.647. The number of carbonyl (C=O) groups excluding carboxylic acids is 1. The predicted molar refractivity (Wildman–Crippen MR) is 79.7 cm³/mol. The monoisotopic (exact) mass is 282 g/mol. The van der Waals surface area contributed by atoms with E-state index in [1.165, 1.54) is 11.0 Å². The molecule has 1 aliphatic rings. The maximum Gasteiger partial charge on any atom is 0.293 e. The van der Waals surface area contributed by atoms with Crippen LogP contribution in [0.2, 0.25) is 0 Å². The van der Waals surface area contributed by atoms with Gasteiger partial charge in [0.25, 0.3) is 11.6 Å². The van der Waals surface area contributed by atoms with Gasteiger partial charge < -0.3 is 4.90 Å². The minimum absolute atomic E-state index is 0.00883. The summed E-state index contributed by atoms with van der Waals surface area (Å²) in [5, 5.41) is 11.2. The first-order valence-corrected chi connectivity index (χ1v) is 6.73. The second-order valence-electron chi connectivity index (χ2n) is 5.11. The average Bonchev–Trinajstić information content (AvgIpc) is 2.91. The zero-order valence-corrected chi connectivity index (χ0v) is 11.6. The van der Waals surface area contributed by atoms with E-state index in [1.807, 2.05) is 25.1 Å². The fourth-order valence-corrected chi connectivity index (χ4v) is 2.64. The van der Waals surface area contributed by atoms with Gasteiger partial charge in [-0.3, -0.25) is 14.9 Å². The number of amides is 1. The van der Waals surface area contributed by atoms with E-state index in [0.717, 1.165) is 11.1 Å². The van der Waals surface area contributed by atoms with Gasteiger partial charge in [-0.2, -0.15) is 0 Å². The largest absolute Gasteiger partial charge is 0.302 e. The van der Waals surface area contributed by atoms with Crippen molar-refractivity contribution in [3.8, 4) is 0 Å². The molecule has 0 aromatic heterocycles. The Kier molecular flexibility index (Phi) is 3.17. The molecule has 0 bridgehead atoms. The van der Waals surface area contributed by atoms with Crippen molar-refractivity contribution >= 4 is 17.3 Å². The molecule has 1 heterocycles. The van der Waals surface area contributed by atoms with Gasteiger partial charge in [0.1, 0.15) is 5.69 Å². The molecular weight excluding hydrogens is 268 g/mol. The number of nitro groups is 1. The van der Waals surface area contributed by atoms with Crippen molar-refractivity contribution in [1.29, 1.82) is 0 Å². The number of rotatable bonds is 2. The van der Waals surface area contributed by atoms with E-state index in [-0.39, 0.29) is 11.6 Å². The first-order chi connectivity index (χ1) is 10.1. The maximum atomic E-state index is 12.6. The predicted octanol–water partition coefficient (Wildman–Crippen LogP) is 3.11. The quantitative estimate of drug-likeness (QED) is 0.628. The van der Waals surface area contributed by atoms with Gasteiger partial charge in [0.15, 0.2) is 0 Å². The second kappa shape index (κ2) is 5.01. The molecule has 106 valence electrons. The summed E-state index contributed by atoms with van der Waals surface area (Å²) in [5.74, 6) is -0.192. The van der Waals surface area contributed by atoms with Crippen LogP contribution in [-0.4, -0.2) is 17.4 Å². The molecule has 3 rings (SSSR count). The minimum atomic E-state index is -0.431. The van der Waals surface area contributed by atoms with Gasteiger partial charge in [0.05, 0.1) is 4.92 Å². The lowest BCUT2D eigenvalue weighted by molar-refractivity contribution is -0.384. The summed E-state index contributed by atoms with van der Waals surface area (Å²) in [5.41, 5.74) is 2.90. The number of para-hydroxylation sites is 1. The number of carbonyl (C=O) groups is 1. The molecule has 1 amide bonds. The van der Waals surface area contributed by atoms with Crippen molar-refractivity contribution in [2.45, 2.75) is 13.3 Å². The summed E-state index contributed by atoms with van der Waals surface area (Å²) < 4.78 is 0. The van der Waals surface area contributed by atoms with Gasteiger partial charge in [-0.1, -0.05) is 29.8 Å². The fourth-order valence-electron chi connectivity index (χ4n) is 2.64. The zero-order chi connectivity index (χ0) is 15.0. The highest BCUT2D eigenvalue weighted by molar-refractivity contribution is 6.08. The molecule has 1 aliphatic heterocycles. The highest BCUT2D eigenvalue weighted by atomic mass is 16.6. The molecule has 0 spiro atoms. The number of hydrogen-bond donors (Lipinski definition) is 0. The molecule has 2 aromatic rings. The van der Waals surface area contributed by atoms with Crippen LogP contribution in [0.1, 0.15) is 21.5 Å². The Bertz CT molecular complexity index is 723. The third kappa shape index (κ3) is 2.27. The maximum absolute atomic E-state index is 12.6. The number of anilines is 1. The second-order valence-corrected chi connectivity index (χ2v) is 5.11. The van der Waals surface area contributed by atoms with E-state index in [2.05, 4.69) is 0 Å². The van der Waals surface area contributed by atoms with Crippen LogP contribution >= 0.6 is 0 Å². The standard InChI is InChI=1S/C16H14N2O3/c1-11-5-7-13(8-6-11)16(19)17-10-9-12-3-2-4-14(15(12)17)18(20)21/h2-8H,9-10H2,1H3. The molecule has 0 N–H and O–H groups in total. The Labute approximate surface area is 122 Å². The molecule has 0 saturated heterocycles. The van der Waals surface area contributed by atoms with E-state index < -0.39 is 4.92 Å². The topological polar surface area (TPSA) is 63.5 Å². The van der Waals surface area contributed by atoms with Crippen molar-refractivity contribution in [3.05, 3.63) is 69.3 Å². The molecule has 0 aliphatic carbocycles. The third-order valence-corrected chi connectivity index (χ3v) is 3.71. The number of aryl methyl sites for hydroxylation is 1. The smallest absolute Gasteiger partial charge is 0.293 e. The summed E-state index contributed by atoms with van der Waals surface area (Å²) in [6.45, 7) is 2.43. The molecule has 21 heavy (non-hydrogen) atoms. The van der Waals surface area contributed by atoms with E-state index in [9.17, 15) is 14.9 Å². The Hall–Kier alpha value is -2.69. The van der Waals surface area contributed by atoms with Crippen LogP contribution in [-0.2, 0) is 6.42 Å². The van der Waals surface area contributed by atoms with Crippen LogP contribution < -0.4 is 4.90 Å². The van der Waals surface area contributed by atoms with Gasteiger partial charge in [0.2, 0.25) is 0 Å². The average molecular weight is 282 g/mol. The van der Waals surface area contributed by atoms with Crippen molar-refractivity contribution in [1.82, 2.24) is 0 Å². The van der Waals surface area contributed by atoms with Gasteiger partial charge in [-0.15, -0.1) is 0 Å². The van der Waals surface area contributed by atoms with Crippen LogP contribution in [0, 0.1) is 17.0 Å². The lowest BCUT2D eigenvalue weighted by Crippen LogP contribution is -2.29. The van der Waals surface area contributed by atoms with Crippen molar-refractivity contribution in [3.63, 3.8) is 0 Å². The van der Waals surface area contributed by atoms with E-state index in [0.29, 0.717) is 24.2 Å². The normalized spacial score (nSPS) is 13.1. The summed E-state index contributed by atoms with van der Waals surface area (Å²) in [4.78, 5) is 24.9. The summed E-state index contributed by atoms with van der Waals surface area (Å²) >= 11 is 0. The van der Waals surface area contributed by atoms with Gasteiger partial charge in [0, 0.05) is 18.2 Å². The van der Waals surface area contributed by atoms with Crippen molar-refractivity contribution < 1.29 is 9.72 Å². The van der Waals surface area contributed by atoms with Crippen LogP contribution in [0.3, 0.4) is 0 Å². The Balaban J connectivity index is 2.02. The van der Waals surface area contributed by atoms with E-state index in [4.69, 9.17) is 0 Å². The number of hydrogen-bond acceptors (Lipinski definition) is 3. The first kappa shape index (κ1) is 13.3. The Morgan fingerprint density at radius 2 is 1.90 bits per heavy atom. The zero-order valence-electron chi connectivity index (χ0n) is 11.6. The summed E-state index contributed by atoms with van der Waals surface area (Å²) in [7, 11) is 0. The SMILES string of the molecule is Cc1ccc(C(=O)N2CCc3cccc([N+](=O)[O-])c32)cc1. The fraction of sp³-hybridized carbons (Fsp3) is 0.188. The molecule has 0 saturated carbocycles. The molecule has 0 atom stereocenters. The molecule has 5 nitrogen and oxygen atoms in total. The lowest BCUT2D eigenvalue weighted by atomic mass is 10.1. The molecular formula is C16H14N2O3. The Morgan fingerprint density at radius 3 is 2.57 bits per heavy atom. The lowest BCUT2D eigenvalue weighted by Gasteiger charge is -2.17. The number of fused-ring (bicyclic) bond motifs is 1. The molecule has 5 heteroatoms. The third-order valence-electron chi connectivity index (χ3n) is 3.71. The highest BCUT2D eigenvalue weighted by Crippen LogP contribution is 2.37. The number of nitrogens with zero attached hydrogens (tertiary/aromatic N) is 2. The van der Waals surface area contributed by atoms with Crippen molar-refractivity contribution in [2.24, 2.45) is 0 Å². The first-order valence-electron chi connectivity index (χ1n) is 6.73. The van der Waals surface area contributed by atoms with Crippen molar-refractivity contribution in [2.75, 3.05) is 11.4 Å². The molecule has 2 aromatic carbocycles. The number of benzene rings is 2. The van der Waals surface area contributed by atoms with Crippen LogP contribution in [0.15, 0.2) is 42.5 Å². The molecule has 0 fully saturated rings. The van der Waals surface area contributed by atoms with Crippen LogP contribution in [0.4, 0.5) is 11.4 Å². The Morgan fingerprint density at radius 1 is 1.19 bits per heavy atom. The highest BCUT2D eigenvalue weighted by Gasteiger charge is 2.32. The minimum Gasteiger partial charge on any atom is -0.302 e. The molecule has 0 radical (unpaired) electrons. The van der Waals surface area contributed by atoms with Gasteiger partial charge in [-0.25, -0.2) is 0 Å². The van der Waals surface area contributed by atoms with Gasteiger partial charge in [-0.05, 0) is 31.0 Å².